The largest absolute Gasteiger partial charge is 0.330 e. The van der Waals surface area contributed by atoms with Crippen LogP contribution in [0.5, 0.6) is 0 Å². The summed E-state index contributed by atoms with van der Waals surface area (Å²) in [5.41, 5.74) is 6.03. The standard InChI is InChI=1S/C11H25N3/c1-11(2,8-12)10(13-3)9-5-6-14(4)7-9/h9-10,13H,5-8,12H2,1-4H3. The van der Waals surface area contributed by atoms with Crippen LogP contribution in [0.1, 0.15) is 20.3 Å². The van der Waals surface area contributed by atoms with Crippen LogP contribution in [0.3, 0.4) is 0 Å². The fourth-order valence-corrected chi connectivity index (χ4v) is 2.63. The van der Waals surface area contributed by atoms with Gasteiger partial charge >= 0.3 is 0 Å². The number of rotatable bonds is 4. The van der Waals surface area contributed by atoms with Crippen LogP contribution in [0.2, 0.25) is 0 Å². The first kappa shape index (κ1) is 12.0. The van der Waals surface area contributed by atoms with Gasteiger partial charge in [0.1, 0.15) is 0 Å². The summed E-state index contributed by atoms with van der Waals surface area (Å²) in [5, 5.41) is 3.45. The lowest BCUT2D eigenvalue weighted by Gasteiger charge is -2.37. The number of nitrogens with one attached hydrogen (secondary N) is 1. The molecule has 3 N–H and O–H groups in total. The van der Waals surface area contributed by atoms with Crippen molar-refractivity contribution in [3.05, 3.63) is 0 Å². The normalized spacial score (nSPS) is 26.8. The summed E-state index contributed by atoms with van der Waals surface area (Å²) in [5.74, 6) is 0.753. The number of likely N-dealkylation sites (tertiary alicyclic amines) is 1. The van der Waals surface area contributed by atoms with Crippen molar-refractivity contribution in [2.75, 3.05) is 33.7 Å². The van der Waals surface area contributed by atoms with Gasteiger partial charge in [0.25, 0.3) is 0 Å². The van der Waals surface area contributed by atoms with Gasteiger partial charge in [-0.25, -0.2) is 0 Å². The van der Waals surface area contributed by atoms with Gasteiger partial charge in [0, 0.05) is 12.6 Å². The van der Waals surface area contributed by atoms with Crippen molar-refractivity contribution in [3.63, 3.8) is 0 Å². The lowest BCUT2D eigenvalue weighted by molar-refractivity contribution is 0.190. The fourth-order valence-electron chi connectivity index (χ4n) is 2.63. The topological polar surface area (TPSA) is 41.3 Å². The van der Waals surface area contributed by atoms with Crippen molar-refractivity contribution in [2.24, 2.45) is 17.1 Å². The molecule has 2 atom stereocenters. The highest BCUT2D eigenvalue weighted by Gasteiger charge is 2.36. The van der Waals surface area contributed by atoms with Gasteiger partial charge < -0.3 is 16.0 Å². The molecule has 3 heteroatoms. The fraction of sp³-hybridized carbons (Fsp3) is 1.00. The third-order valence-corrected chi connectivity index (χ3v) is 3.58. The second kappa shape index (κ2) is 4.60. The van der Waals surface area contributed by atoms with E-state index >= 15 is 0 Å². The first-order valence-electron chi connectivity index (χ1n) is 5.57. The SMILES string of the molecule is CNC(C1CCN(C)C1)C(C)(C)CN. The van der Waals surface area contributed by atoms with Crippen molar-refractivity contribution in [1.29, 1.82) is 0 Å². The van der Waals surface area contributed by atoms with Gasteiger partial charge in [-0.1, -0.05) is 13.8 Å². The number of nitrogens with zero attached hydrogens (tertiary/aromatic N) is 1. The molecule has 1 aliphatic rings. The van der Waals surface area contributed by atoms with Crippen LogP contribution in [0.15, 0.2) is 0 Å². The zero-order chi connectivity index (χ0) is 10.8. The molecule has 3 nitrogen and oxygen atoms in total. The monoisotopic (exact) mass is 199 g/mol. The predicted octanol–water partition coefficient (Wildman–Crippen LogP) is 0.511. The molecule has 0 aromatic heterocycles. The van der Waals surface area contributed by atoms with Crippen LogP contribution >= 0.6 is 0 Å². The summed E-state index contributed by atoms with van der Waals surface area (Å²) < 4.78 is 0. The molecule has 1 rings (SSSR count). The first-order chi connectivity index (χ1) is 6.51. The number of hydrogen-bond donors (Lipinski definition) is 2. The van der Waals surface area contributed by atoms with E-state index in [-0.39, 0.29) is 5.41 Å². The molecule has 0 aromatic rings. The molecular formula is C11H25N3. The molecular weight excluding hydrogens is 174 g/mol. The lowest BCUT2D eigenvalue weighted by Crippen LogP contribution is -2.49. The first-order valence-corrected chi connectivity index (χ1v) is 5.57. The number of nitrogens with two attached hydrogens (primary N) is 1. The van der Waals surface area contributed by atoms with Crippen molar-refractivity contribution in [2.45, 2.75) is 26.3 Å². The van der Waals surface area contributed by atoms with Crippen molar-refractivity contribution >= 4 is 0 Å². The van der Waals surface area contributed by atoms with E-state index < -0.39 is 0 Å². The van der Waals surface area contributed by atoms with E-state index in [9.17, 15) is 0 Å². The van der Waals surface area contributed by atoms with Gasteiger partial charge in [-0.05, 0) is 44.9 Å². The molecule has 0 bridgehead atoms. The zero-order valence-electron chi connectivity index (χ0n) is 10.0. The molecule has 0 aromatic carbocycles. The molecule has 84 valence electrons. The van der Waals surface area contributed by atoms with E-state index in [1.165, 1.54) is 19.5 Å². The Kier molecular flexibility index (Phi) is 3.93. The highest BCUT2D eigenvalue weighted by molar-refractivity contribution is 4.92. The van der Waals surface area contributed by atoms with Crippen LogP contribution in [0, 0.1) is 11.3 Å². The van der Waals surface area contributed by atoms with E-state index in [1.807, 2.05) is 0 Å². The summed E-state index contributed by atoms with van der Waals surface area (Å²) in [4.78, 5) is 2.40. The molecule has 0 radical (unpaired) electrons. The highest BCUT2D eigenvalue weighted by Crippen LogP contribution is 2.30. The molecule has 0 saturated carbocycles. The molecule has 0 amide bonds. The van der Waals surface area contributed by atoms with Gasteiger partial charge in [0.05, 0.1) is 0 Å². The maximum Gasteiger partial charge on any atom is 0.0168 e. The maximum absolute atomic E-state index is 5.83. The van der Waals surface area contributed by atoms with Gasteiger partial charge in [-0.3, -0.25) is 0 Å². The molecule has 1 aliphatic heterocycles. The molecule has 1 saturated heterocycles. The quantitative estimate of drug-likeness (QED) is 0.693. The van der Waals surface area contributed by atoms with E-state index in [1.54, 1.807) is 0 Å². The van der Waals surface area contributed by atoms with Gasteiger partial charge in [0.15, 0.2) is 0 Å². The van der Waals surface area contributed by atoms with E-state index in [2.05, 4.69) is 38.2 Å². The van der Waals surface area contributed by atoms with Gasteiger partial charge in [0.2, 0.25) is 0 Å². The van der Waals surface area contributed by atoms with Crippen LogP contribution in [-0.2, 0) is 0 Å². The van der Waals surface area contributed by atoms with Crippen LogP contribution in [0.25, 0.3) is 0 Å². The third-order valence-electron chi connectivity index (χ3n) is 3.58. The predicted molar refractivity (Wildman–Crippen MR) is 61.3 cm³/mol. The summed E-state index contributed by atoms with van der Waals surface area (Å²) in [7, 11) is 4.25. The number of hydrogen-bond acceptors (Lipinski definition) is 3. The van der Waals surface area contributed by atoms with Crippen molar-refractivity contribution in [3.8, 4) is 0 Å². The van der Waals surface area contributed by atoms with E-state index in [0.29, 0.717) is 6.04 Å². The van der Waals surface area contributed by atoms with Crippen molar-refractivity contribution < 1.29 is 0 Å². The minimum absolute atomic E-state index is 0.199. The second-order valence-corrected chi connectivity index (χ2v) is 5.27. The van der Waals surface area contributed by atoms with Crippen LogP contribution in [-0.4, -0.2) is 44.7 Å². The molecule has 1 heterocycles. The Morgan fingerprint density at radius 2 is 2.21 bits per heavy atom. The van der Waals surface area contributed by atoms with Crippen LogP contribution < -0.4 is 11.1 Å². The van der Waals surface area contributed by atoms with Crippen molar-refractivity contribution in [1.82, 2.24) is 10.2 Å². The summed E-state index contributed by atoms with van der Waals surface area (Å²) >= 11 is 0. The Morgan fingerprint density at radius 3 is 2.57 bits per heavy atom. The van der Waals surface area contributed by atoms with Crippen LogP contribution in [0.4, 0.5) is 0 Å². The zero-order valence-corrected chi connectivity index (χ0v) is 10.0. The third kappa shape index (κ3) is 2.47. The Morgan fingerprint density at radius 1 is 1.57 bits per heavy atom. The molecule has 14 heavy (non-hydrogen) atoms. The second-order valence-electron chi connectivity index (χ2n) is 5.27. The average molecular weight is 199 g/mol. The molecule has 0 spiro atoms. The molecule has 0 aliphatic carbocycles. The van der Waals surface area contributed by atoms with E-state index in [4.69, 9.17) is 5.73 Å². The smallest absolute Gasteiger partial charge is 0.0168 e. The van der Waals surface area contributed by atoms with Gasteiger partial charge in [-0.2, -0.15) is 0 Å². The van der Waals surface area contributed by atoms with Gasteiger partial charge in [-0.15, -0.1) is 0 Å². The minimum atomic E-state index is 0.199. The van der Waals surface area contributed by atoms with E-state index in [0.717, 1.165) is 12.5 Å². The average Bonchev–Trinajstić information content (AvgIpc) is 2.53. The highest BCUT2D eigenvalue weighted by atomic mass is 15.1. The minimum Gasteiger partial charge on any atom is -0.330 e. The Hall–Kier alpha value is -0.120. The summed E-state index contributed by atoms with van der Waals surface area (Å²) in [6.07, 6.45) is 1.30. The summed E-state index contributed by atoms with van der Waals surface area (Å²) in [6.45, 7) is 7.69. The Labute approximate surface area is 88.0 Å². The summed E-state index contributed by atoms with van der Waals surface area (Å²) in [6, 6.07) is 0.539. The molecule has 2 unspecified atom stereocenters. The molecule has 1 fully saturated rings. The Balaban J connectivity index is 2.62. The Bertz CT molecular complexity index is 179. The lowest BCUT2D eigenvalue weighted by atomic mass is 9.77. The maximum atomic E-state index is 5.83.